The minimum atomic E-state index is -0.227. The highest BCUT2D eigenvalue weighted by Crippen LogP contribution is 2.26. The van der Waals surface area contributed by atoms with Crippen molar-refractivity contribution in [3.05, 3.63) is 46.6 Å². The van der Waals surface area contributed by atoms with E-state index < -0.39 is 0 Å². The van der Waals surface area contributed by atoms with Gasteiger partial charge in [0.25, 0.3) is 11.3 Å². The van der Waals surface area contributed by atoms with Crippen LogP contribution in [-0.4, -0.2) is 34.8 Å². The molecule has 0 aliphatic heterocycles. The van der Waals surface area contributed by atoms with E-state index in [1.807, 2.05) is 6.07 Å². The second-order valence-corrected chi connectivity index (χ2v) is 6.96. The van der Waals surface area contributed by atoms with Crippen LogP contribution in [0.3, 0.4) is 0 Å². The standard InChI is InChI=1S/C13H10N8OS2/c14-11-18-19-13(24-11)23-6-8-4-9(22)21-12(16-8)17-10(20-21)7-2-1-3-15-5-7/h1-5H,6H2,(H2,14,18)(H,16,17,20). The molecule has 0 unspecified atom stereocenters. The van der Waals surface area contributed by atoms with Gasteiger partial charge in [0.1, 0.15) is 0 Å². The summed E-state index contributed by atoms with van der Waals surface area (Å²) in [7, 11) is 0. The van der Waals surface area contributed by atoms with Crippen molar-refractivity contribution in [2.45, 2.75) is 10.1 Å². The van der Waals surface area contributed by atoms with Gasteiger partial charge in [-0.1, -0.05) is 23.1 Å². The third-order valence-electron chi connectivity index (χ3n) is 3.08. The van der Waals surface area contributed by atoms with Crippen molar-refractivity contribution in [3.8, 4) is 11.4 Å². The van der Waals surface area contributed by atoms with Gasteiger partial charge in [0.2, 0.25) is 5.13 Å². The third-order valence-corrected chi connectivity index (χ3v) is 5.00. The number of rotatable bonds is 4. The second-order valence-electron chi connectivity index (χ2n) is 4.73. The van der Waals surface area contributed by atoms with Crippen molar-refractivity contribution < 1.29 is 0 Å². The first-order valence-electron chi connectivity index (χ1n) is 6.80. The number of fused-ring (bicyclic) bond motifs is 1. The Labute approximate surface area is 143 Å². The number of nitrogens with zero attached hydrogens (tertiary/aromatic N) is 6. The lowest BCUT2D eigenvalue weighted by molar-refractivity contribution is 0.889. The number of nitrogen functional groups attached to an aromatic ring is 1. The Hall–Kier alpha value is -2.79. The van der Waals surface area contributed by atoms with E-state index in [1.54, 1.807) is 18.5 Å². The van der Waals surface area contributed by atoms with E-state index in [0.29, 0.717) is 28.2 Å². The largest absolute Gasteiger partial charge is 0.374 e. The smallest absolute Gasteiger partial charge is 0.274 e. The summed E-state index contributed by atoms with van der Waals surface area (Å²) in [6.07, 6.45) is 3.34. The first-order chi connectivity index (χ1) is 11.7. The molecule has 4 rings (SSSR count). The summed E-state index contributed by atoms with van der Waals surface area (Å²) in [5, 5.41) is 11.0. The number of aromatic amines is 1. The molecule has 120 valence electrons. The number of hydrogen-bond acceptors (Lipinski definition) is 9. The number of H-pyrrole nitrogens is 1. The summed E-state index contributed by atoms with van der Waals surface area (Å²) >= 11 is 2.72. The van der Waals surface area contributed by atoms with Crippen LogP contribution in [0.2, 0.25) is 0 Å². The summed E-state index contributed by atoms with van der Waals surface area (Å²) in [5.74, 6) is 1.33. The first-order valence-corrected chi connectivity index (χ1v) is 8.60. The lowest BCUT2D eigenvalue weighted by Crippen LogP contribution is -2.15. The van der Waals surface area contributed by atoms with E-state index >= 15 is 0 Å². The lowest BCUT2D eigenvalue weighted by Gasteiger charge is -1.97. The number of nitrogens with one attached hydrogen (secondary N) is 1. The predicted molar refractivity (Wildman–Crippen MR) is 90.7 cm³/mol. The third kappa shape index (κ3) is 2.86. The van der Waals surface area contributed by atoms with Gasteiger partial charge < -0.3 is 5.73 Å². The molecule has 0 saturated carbocycles. The summed E-state index contributed by atoms with van der Waals surface area (Å²) < 4.78 is 2.03. The molecular formula is C13H10N8OS2. The van der Waals surface area contributed by atoms with Crippen LogP contribution in [0.4, 0.5) is 5.13 Å². The van der Waals surface area contributed by atoms with Crippen LogP contribution in [-0.2, 0) is 5.75 Å². The summed E-state index contributed by atoms with van der Waals surface area (Å²) in [6, 6.07) is 5.12. The zero-order valence-corrected chi connectivity index (χ0v) is 13.7. The molecule has 0 aromatic carbocycles. The summed E-state index contributed by atoms with van der Waals surface area (Å²) in [4.78, 5) is 25.1. The molecule has 4 aromatic heterocycles. The molecule has 4 aromatic rings. The van der Waals surface area contributed by atoms with E-state index in [4.69, 9.17) is 5.73 Å². The molecule has 0 bridgehead atoms. The number of anilines is 1. The van der Waals surface area contributed by atoms with Gasteiger partial charge in [0.15, 0.2) is 10.2 Å². The van der Waals surface area contributed by atoms with Crippen LogP contribution in [0, 0.1) is 0 Å². The fourth-order valence-electron chi connectivity index (χ4n) is 2.05. The maximum atomic E-state index is 12.2. The van der Waals surface area contributed by atoms with E-state index in [0.717, 1.165) is 9.90 Å². The van der Waals surface area contributed by atoms with Crippen LogP contribution < -0.4 is 11.3 Å². The highest BCUT2D eigenvalue weighted by Gasteiger charge is 2.11. The molecule has 3 N–H and O–H groups in total. The van der Waals surface area contributed by atoms with Gasteiger partial charge >= 0.3 is 0 Å². The molecule has 0 aliphatic carbocycles. The number of thioether (sulfide) groups is 1. The van der Waals surface area contributed by atoms with Crippen LogP contribution in [0.5, 0.6) is 0 Å². The van der Waals surface area contributed by atoms with Gasteiger partial charge in [-0.05, 0) is 12.1 Å². The lowest BCUT2D eigenvalue weighted by atomic mass is 10.3. The molecular weight excluding hydrogens is 348 g/mol. The Balaban J connectivity index is 1.65. The average molecular weight is 358 g/mol. The molecule has 11 heteroatoms. The van der Waals surface area contributed by atoms with Crippen molar-refractivity contribution in [3.63, 3.8) is 0 Å². The number of nitrogens with two attached hydrogens (primary N) is 1. The predicted octanol–water partition coefficient (Wildman–Crippen LogP) is 1.21. The Morgan fingerprint density at radius 1 is 1.33 bits per heavy atom. The van der Waals surface area contributed by atoms with Gasteiger partial charge in [0, 0.05) is 29.8 Å². The first kappa shape index (κ1) is 14.8. The zero-order valence-electron chi connectivity index (χ0n) is 12.1. The van der Waals surface area contributed by atoms with E-state index in [-0.39, 0.29) is 5.56 Å². The topological polar surface area (TPSA) is 128 Å². The van der Waals surface area contributed by atoms with Crippen molar-refractivity contribution in [2.75, 3.05) is 5.73 Å². The number of hydrogen-bond donors (Lipinski definition) is 2. The molecule has 0 aliphatic rings. The Kier molecular flexibility index (Phi) is 3.70. The molecule has 24 heavy (non-hydrogen) atoms. The molecule has 0 saturated heterocycles. The molecule has 0 radical (unpaired) electrons. The highest BCUT2D eigenvalue weighted by molar-refractivity contribution is 8.00. The number of aromatic nitrogens is 7. The molecule has 4 heterocycles. The minimum absolute atomic E-state index is 0.227. The Morgan fingerprint density at radius 3 is 3.00 bits per heavy atom. The Morgan fingerprint density at radius 2 is 2.25 bits per heavy atom. The molecule has 0 fully saturated rings. The monoisotopic (exact) mass is 358 g/mol. The minimum Gasteiger partial charge on any atom is -0.374 e. The summed E-state index contributed by atoms with van der Waals surface area (Å²) in [6.45, 7) is 0. The molecule has 0 spiro atoms. The molecule has 9 nitrogen and oxygen atoms in total. The van der Waals surface area contributed by atoms with Gasteiger partial charge in [-0.3, -0.25) is 14.9 Å². The second kappa shape index (κ2) is 6.02. The SMILES string of the molecule is Nc1nnc(SCc2cc(=O)n3[nH]c(-c4cccnc4)nc3n2)s1. The molecule has 0 amide bonds. The van der Waals surface area contributed by atoms with E-state index in [2.05, 4.69) is 30.2 Å². The van der Waals surface area contributed by atoms with Crippen LogP contribution in [0.15, 0.2) is 39.7 Å². The van der Waals surface area contributed by atoms with E-state index in [1.165, 1.54) is 33.7 Å². The van der Waals surface area contributed by atoms with E-state index in [9.17, 15) is 4.79 Å². The van der Waals surface area contributed by atoms with Gasteiger partial charge in [-0.2, -0.15) is 9.50 Å². The Bertz CT molecular complexity index is 1050. The van der Waals surface area contributed by atoms with Crippen molar-refractivity contribution in [1.29, 1.82) is 0 Å². The van der Waals surface area contributed by atoms with Crippen molar-refractivity contribution in [2.24, 2.45) is 0 Å². The van der Waals surface area contributed by atoms with Crippen LogP contribution in [0.1, 0.15) is 5.69 Å². The van der Waals surface area contributed by atoms with Crippen LogP contribution in [0.25, 0.3) is 17.2 Å². The summed E-state index contributed by atoms with van der Waals surface area (Å²) in [5.41, 5.74) is 6.71. The maximum Gasteiger partial charge on any atom is 0.274 e. The van der Waals surface area contributed by atoms with Crippen LogP contribution >= 0.6 is 23.1 Å². The highest BCUT2D eigenvalue weighted by atomic mass is 32.2. The average Bonchev–Trinajstić information content (AvgIpc) is 3.20. The van der Waals surface area contributed by atoms with Gasteiger partial charge in [0.05, 0.1) is 5.69 Å². The fraction of sp³-hybridized carbons (Fsp3) is 0.0769. The van der Waals surface area contributed by atoms with Gasteiger partial charge in [-0.15, -0.1) is 10.2 Å². The van der Waals surface area contributed by atoms with Crippen molar-refractivity contribution >= 4 is 34.0 Å². The van der Waals surface area contributed by atoms with Gasteiger partial charge in [-0.25, -0.2) is 4.98 Å². The fourth-order valence-corrected chi connectivity index (χ4v) is 3.58. The normalized spacial score (nSPS) is 11.2. The van der Waals surface area contributed by atoms with Crippen molar-refractivity contribution in [1.82, 2.24) is 34.8 Å². The maximum absolute atomic E-state index is 12.2. The number of pyridine rings is 1. The quantitative estimate of drug-likeness (QED) is 0.521. The molecule has 0 atom stereocenters. The zero-order chi connectivity index (χ0) is 16.5.